The number of nitrogens with one attached hydrogen (secondary N) is 2. The third-order valence-electron chi connectivity index (χ3n) is 2.22. The Morgan fingerprint density at radius 3 is 2.47 bits per heavy atom. The largest absolute Gasteiger partial charge is 0.410 e. The summed E-state index contributed by atoms with van der Waals surface area (Å²) in [6.45, 7) is 0. The summed E-state index contributed by atoms with van der Waals surface area (Å²) in [5.41, 5.74) is -0.441. The number of aromatic amines is 2. The molecule has 0 aliphatic rings. The average molecular weight is 231 g/mol. The predicted octanol–water partition coefficient (Wildman–Crippen LogP) is 0.290. The summed E-state index contributed by atoms with van der Waals surface area (Å²) in [7, 11) is 0. The zero-order valence-electron chi connectivity index (χ0n) is 8.68. The Labute approximate surface area is 95.3 Å². The second-order valence-electron chi connectivity index (χ2n) is 3.30. The summed E-state index contributed by atoms with van der Waals surface area (Å²) >= 11 is 0. The SMILES string of the molecule is O=c1[nH]cc(C(=NO)c2ccccc2)c(=O)[nH]1. The Morgan fingerprint density at radius 1 is 1.18 bits per heavy atom. The van der Waals surface area contributed by atoms with E-state index in [-0.39, 0.29) is 11.3 Å². The fourth-order valence-electron chi connectivity index (χ4n) is 1.45. The number of rotatable bonds is 2. The fraction of sp³-hybridized carbons (Fsp3) is 0. The van der Waals surface area contributed by atoms with Crippen LogP contribution in [0.4, 0.5) is 0 Å². The maximum Gasteiger partial charge on any atom is 0.325 e. The summed E-state index contributed by atoms with van der Waals surface area (Å²) < 4.78 is 0. The van der Waals surface area contributed by atoms with Crippen LogP contribution >= 0.6 is 0 Å². The molecule has 3 N–H and O–H groups in total. The van der Waals surface area contributed by atoms with Gasteiger partial charge >= 0.3 is 5.69 Å². The number of benzene rings is 1. The van der Waals surface area contributed by atoms with E-state index in [9.17, 15) is 9.59 Å². The van der Waals surface area contributed by atoms with Crippen LogP contribution in [-0.4, -0.2) is 20.9 Å². The molecular formula is C11H9N3O3. The summed E-state index contributed by atoms with van der Waals surface area (Å²) in [5.74, 6) is 0. The van der Waals surface area contributed by atoms with Crippen LogP contribution in [0.1, 0.15) is 11.1 Å². The molecule has 0 saturated carbocycles. The lowest BCUT2D eigenvalue weighted by Gasteiger charge is -2.02. The van der Waals surface area contributed by atoms with Crippen molar-refractivity contribution >= 4 is 5.71 Å². The molecular weight excluding hydrogens is 222 g/mol. The average Bonchev–Trinajstić information content (AvgIpc) is 2.34. The van der Waals surface area contributed by atoms with Gasteiger partial charge in [0.15, 0.2) is 0 Å². The highest BCUT2D eigenvalue weighted by molar-refractivity contribution is 6.12. The Hall–Kier alpha value is -2.63. The standard InChI is InChI=1S/C11H9N3O3/c15-10-8(6-12-11(16)13-10)9(14-17)7-4-2-1-3-5-7/h1-6,17H,(H2,12,13,15,16). The second-order valence-corrected chi connectivity index (χ2v) is 3.30. The van der Waals surface area contributed by atoms with E-state index in [1.165, 1.54) is 6.20 Å². The van der Waals surface area contributed by atoms with Gasteiger partial charge in [0.25, 0.3) is 5.56 Å². The maximum atomic E-state index is 11.5. The van der Waals surface area contributed by atoms with E-state index in [1.807, 2.05) is 0 Å². The molecule has 0 aliphatic heterocycles. The predicted molar refractivity (Wildman–Crippen MR) is 61.6 cm³/mol. The first kappa shape index (κ1) is 10.9. The van der Waals surface area contributed by atoms with E-state index in [0.717, 1.165) is 0 Å². The topological polar surface area (TPSA) is 98.3 Å². The number of hydrogen-bond acceptors (Lipinski definition) is 4. The summed E-state index contributed by atoms with van der Waals surface area (Å²) in [5, 5.41) is 12.1. The van der Waals surface area contributed by atoms with E-state index in [2.05, 4.69) is 15.1 Å². The van der Waals surface area contributed by atoms with Crippen LogP contribution in [-0.2, 0) is 0 Å². The van der Waals surface area contributed by atoms with Gasteiger partial charge in [-0.3, -0.25) is 9.78 Å². The van der Waals surface area contributed by atoms with Gasteiger partial charge in [-0.05, 0) is 0 Å². The van der Waals surface area contributed by atoms with Gasteiger partial charge in [0.05, 0.1) is 5.56 Å². The van der Waals surface area contributed by atoms with Crippen molar-refractivity contribution in [1.82, 2.24) is 9.97 Å². The van der Waals surface area contributed by atoms with Crippen molar-refractivity contribution in [3.63, 3.8) is 0 Å². The lowest BCUT2D eigenvalue weighted by Crippen LogP contribution is -2.27. The minimum absolute atomic E-state index is 0.0956. The van der Waals surface area contributed by atoms with Gasteiger partial charge in [0.2, 0.25) is 0 Å². The van der Waals surface area contributed by atoms with Gasteiger partial charge in [-0.1, -0.05) is 35.5 Å². The molecule has 2 rings (SSSR count). The third-order valence-corrected chi connectivity index (χ3v) is 2.22. The van der Waals surface area contributed by atoms with Crippen LogP contribution in [0.2, 0.25) is 0 Å². The van der Waals surface area contributed by atoms with Crippen molar-refractivity contribution in [3.8, 4) is 0 Å². The normalized spacial score (nSPS) is 11.4. The number of aromatic nitrogens is 2. The molecule has 0 bridgehead atoms. The molecule has 0 spiro atoms. The highest BCUT2D eigenvalue weighted by Crippen LogP contribution is 2.05. The quantitative estimate of drug-likeness (QED) is 0.393. The molecule has 17 heavy (non-hydrogen) atoms. The van der Waals surface area contributed by atoms with Gasteiger partial charge in [0.1, 0.15) is 5.71 Å². The van der Waals surface area contributed by atoms with Gasteiger partial charge in [-0.2, -0.15) is 0 Å². The molecule has 1 aromatic carbocycles. The Kier molecular flexibility index (Phi) is 2.87. The molecule has 2 aromatic rings. The molecule has 0 radical (unpaired) electrons. The van der Waals surface area contributed by atoms with Crippen LogP contribution in [0, 0.1) is 0 Å². The van der Waals surface area contributed by atoms with Crippen molar-refractivity contribution in [2.45, 2.75) is 0 Å². The Bertz CT molecular complexity index is 655. The van der Waals surface area contributed by atoms with Crippen molar-refractivity contribution in [1.29, 1.82) is 0 Å². The number of oxime groups is 1. The van der Waals surface area contributed by atoms with Gasteiger partial charge < -0.3 is 10.2 Å². The molecule has 0 saturated heterocycles. The molecule has 0 amide bonds. The van der Waals surface area contributed by atoms with Crippen molar-refractivity contribution < 1.29 is 5.21 Å². The monoisotopic (exact) mass is 231 g/mol. The second kappa shape index (κ2) is 4.48. The zero-order valence-corrected chi connectivity index (χ0v) is 8.68. The van der Waals surface area contributed by atoms with Gasteiger partial charge in [0, 0.05) is 11.8 Å². The van der Waals surface area contributed by atoms with Crippen molar-refractivity contribution in [3.05, 3.63) is 68.5 Å². The smallest absolute Gasteiger partial charge is 0.325 e. The number of H-pyrrole nitrogens is 2. The lowest BCUT2D eigenvalue weighted by molar-refractivity contribution is 0.319. The molecule has 1 aromatic heterocycles. The van der Waals surface area contributed by atoms with Crippen LogP contribution in [0.15, 0.2) is 51.3 Å². The Morgan fingerprint density at radius 2 is 1.88 bits per heavy atom. The highest BCUT2D eigenvalue weighted by Gasteiger charge is 2.11. The van der Waals surface area contributed by atoms with Crippen LogP contribution in [0.3, 0.4) is 0 Å². The molecule has 86 valence electrons. The van der Waals surface area contributed by atoms with Gasteiger partial charge in [-0.15, -0.1) is 0 Å². The molecule has 6 heteroatoms. The summed E-state index contributed by atoms with van der Waals surface area (Å²) in [4.78, 5) is 26.8. The lowest BCUT2D eigenvalue weighted by atomic mass is 10.1. The van der Waals surface area contributed by atoms with Crippen molar-refractivity contribution in [2.24, 2.45) is 5.16 Å². The number of nitrogens with zero attached hydrogens (tertiary/aromatic N) is 1. The third kappa shape index (κ3) is 2.15. The minimum Gasteiger partial charge on any atom is -0.410 e. The molecule has 0 unspecified atom stereocenters. The molecule has 0 aliphatic carbocycles. The highest BCUT2D eigenvalue weighted by atomic mass is 16.4. The van der Waals surface area contributed by atoms with E-state index in [1.54, 1.807) is 30.3 Å². The van der Waals surface area contributed by atoms with Crippen molar-refractivity contribution in [2.75, 3.05) is 0 Å². The van der Waals surface area contributed by atoms with Gasteiger partial charge in [-0.25, -0.2) is 4.79 Å². The van der Waals surface area contributed by atoms with Crippen LogP contribution in [0.25, 0.3) is 0 Å². The van der Waals surface area contributed by atoms with Crippen LogP contribution in [0.5, 0.6) is 0 Å². The maximum absolute atomic E-state index is 11.5. The number of hydrogen-bond donors (Lipinski definition) is 3. The summed E-state index contributed by atoms with van der Waals surface area (Å²) in [6.07, 6.45) is 1.21. The van der Waals surface area contributed by atoms with Crippen LogP contribution < -0.4 is 11.2 Å². The molecule has 6 nitrogen and oxygen atoms in total. The first-order chi connectivity index (χ1) is 8.22. The van der Waals surface area contributed by atoms with E-state index < -0.39 is 11.2 Å². The summed E-state index contributed by atoms with van der Waals surface area (Å²) in [6, 6.07) is 8.69. The minimum atomic E-state index is -0.607. The first-order valence-corrected chi connectivity index (χ1v) is 4.82. The Balaban J connectivity index is 2.59. The first-order valence-electron chi connectivity index (χ1n) is 4.82. The molecule has 0 fully saturated rings. The van der Waals surface area contributed by atoms with E-state index in [4.69, 9.17) is 5.21 Å². The van der Waals surface area contributed by atoms with E-state index in [0.29, 0.717) is 5.56 Å². The molecule has 0 atom stereocenters. The van der Waals surface area contributed by atoms with E-state index >= 15 is 0 Å². The zero-order chi connectivity index (χ0) is 12.3. The fourth-order valence-corrected chi connectivity index (χ4v) is 1.45. The molecule has 1 heterocycles.